The Bertz CT molecular complexity index is 669. The van der Waals surface area contributed by atoms with Crippen LogP contribution in [0.3, 0.4) is 0 Å². The fourth-order valence-corrected chi connectivity index (χ4v) is 3.64. The molecule has 3 atom stereocenters. The van der Waals surface area contributed by atoms with Gasteiger partial charge in [0, 0.05) is 6.54 Å². The molecule has 1 aliphatic carbocycles. The van der Waals surface area contributed by atoms with Crippen molar-refractivity contribution in [3.8, 4) is 5.75 Å². The lowest BCUT2D eigenvalue weighted by Gasteiger charge is -2.44. The van der Waals surface area contributed by atoms with Gasteiger partial charge in [0.05, 0.1) is 18.7 Å². The molecule has 2 unspecified atom stereocenters. The standard InChI is InChI=1S/C19H23NO4/c1-13-11-15(17(21)23-3)16-9-10-19(13,2)12-20(16)18(22)24-14-7-5-4-6-8-14/h4-8,11,13,16H,9-10,12H2,1-3H3/t13-,16?,19?/m0/s1. The van der Waals surface area contributed by atoms with Crippen molar-refractivity contribution in [3.63, 3.8) is 0 Å². The average Bonchev–Trinajstić information content (AvgIpc) is 2.78. The summed E-state index contributed by atoms with van der Waals surface area (Å²) >= 11 is 0. The minimum atomic E-state index is -0.416. The van der Waals surface area contributed by atoms with E-state index in [2.05, 4.69) is 13.8 Å². The maximum absolute atomic E-state index is 12.7. The number of para-hydroxylation sites is 1. The van der Waals surface area contributed by atoms with E-state index in [0.717, 1.165) is 12.8 Å². The molecule has 2 bridgehead atoms. The molecule has 1 fully saturated rings. The van der Waals surface area contributed by atoms with E-state index in [1.165, 1.54) is 7.11 Å². The number of nitrogens with zero attached hydrogens (tertiary/aromatic N) is 1. The van der Waals surface area contributed by atoms with Crippen LogP contribution in [0.1, 0.15) is 26.7 Å². The van der Waals surface area contributed by atoms with E-state index in [1.807, 2.05) is 24.3 Å². The van der Waals surface area contributed by atoms with Crippen molar-refractivity contribution in [1.29, 1.82) is 0 Å². The van der Waals surface area contributed by atoms with Crippen LogP contribution in [0.15, 0.2) is 42.0 Å². The Labute approximate surface area is 142 Å². The third-order valence-electron chi connectivity index (χ3n) is 5.39. The predicted molar refractivity (Wildman–Crippen MR) is 89.6 cm³/mol. The molecule has 2 heterocycles. The highest BCUT2D eigenvalue weighted by atomic mass is 16.6. The summed E-state index contributed by atoms with van der Waals surface area (Å²) in [6.45, 7) is 4.83. The zero-order valence-corrected chi connectivity index (χ0v) is 14.3. The molecule has 2 aliphatic heterocycles. The Hall–Kier alpha value is -2.30. The summed E-state index contributed by atoms with van der Waals surface area (Å²) in [6.07, 6.45) is 3.26. The van der Waals surface area contributed by atoms with E-state index in [-0.39, 0.29) is 23.3 Å². The number of rotatable bonds is 2. The number of ether oxygens (including phenoxy) is 2. The van der Waals surface area contributed by atoms with Gasteiger partial charge in [-0.3, -0.25) is 4.90 Å². The fourth-order valence-electron chi connectivity index (χ4n) is 3.64. The van der Waals surface area contributed by atoms with Crippen LogP contribution >= 0.6 is 0 Å². The quantitative estimate of drug-likeness (QED) is 0.780. The molecule has 1 aromatic rings. The molecule has 5 nitrogen and oxygen atoms in total. The number of piperidine rings is 1. The van der Waals surface area contributed by atoms with Crippen LogP contribution in [0.25, 0.3) is 0 Å². The normalized spacial score (nSPS) is 28.8. The van der Waals surface area contributed by atoms with Gasteiger partial charge in [-0.1, -0.05) is 38.1 Å². The number of carbonyl (C=O) groups is 2. The van der Waals surface area contributed by atoms with Crippen molar-refractivity contribution in [1.82, 2.24) is 4.90 Å². The number of hydrogen-bond acceptors (Lipinski definition) is 4. The molecule has 5 heteroatoms. The van der Waals surface area contributed by atoms with Crippen LogP contribution in [-0.2, 0) is 9.53 Å². The van der Waals surface area contributed by atoms with Crippen molar-refractivity contribution >= 4 is 12.1 Å². The molecular formula is C19H23NO4. The number of carbonyl (C=O) groups excluding carboxylic acids is 2. The summed E-state index contributed by atoms with van der Waals surface area (Å²) in [5.41, 5.74) is 0.498. The summed E-state index contributed by atoms with van der Waals surface area (Å²) < 4.78 is 10.4. The van der Waals surface area contributed by atoms with E-state index in [9.17, 15) is 9.59 Å². The maximum Gasteiger partial charge on any atom is 0.415 e. The molecule has 1 aromatic carbocycles. The molecule has 0 N–H and O–H groups in total. The van der Waals surface area contributed by atoms with Crippen LogP contribution in [0.5, 0.6) is 5.75 Å². The predicted octanol–water partition coefficient (Wildman–Crippen LogP) is 3.41. The maximum atomic E-state index is 12.7. The molecule has 4 rings (SSSR count). The molecule has 24 heavy (non-hydrogen) atoms. The second kappa shape index (κ2) is 6.30. The molecule has 0 aromatic heterocycles. The van der Waals surface area contributed by atoms with Gasteiger partial charge in [-0.15, -0.1) is 0 Å². The zero-order valence-electron chi connectivity index (χ0n) is 14.3. The van der Waals surface area contributed by atoms with Gasteiger partial charge in [0.2, 0.25) is 0 Å². The highest BCUT2D eigenvalue weighted by Crippen LogP contribution is 2.45. The van der Waals surface area contributed by atoms with Crippen LogP contribution in [0.2, 0.25) is 0 Å². The van der Waals surface area contributed by atoms with E-state index in [4.69, 9.17) is 9.47 Å². The first-order valence-electron chi connectivity index (χ1n) is 8.28. The largest absolute Gasteiger partial charge is 0.466 e. The molecule has 1 amide bonds. The van der Waals surface area contributed by atoms with Crippen molar-refractivity contribution in [2.45, 2.75) is 32.7 Å². The van der Waals surface area contributed by atoms with E-state index in [1.54, 1.807) is 17.0 Å². The minimum absolute atomic E-state index is 0.0675. The Morgan fingerprint density at radius 1 is 1.25 bits per heavy atom. The van der Waals surface area contributed by atoms with Crippen molar-refractivity contribution in [2.75, 3.05) is 13.7 Å². The SMILES string of the molecule is COC(=O)C1=C[C@H](C)C2(C)CCC1N(C(=O)Oc1ccccc1)C2. The second-order valence-electron chi connectivity index (χ2n) is 6.92. The van der Waals surface area contributed by atoms with Crippen molar-refractivity contribution in [3.05, 3.63) is 42.0 Å². The molecular weight excluding hydrogens is 306 g/mol. The Morgan fingerprint density at radius 3 is 2.62 bits per heavy atom. The topological polar surface area (TPSA) is 55.8 Å². The zero-order chi connectivity index (χ0) is 17.3. The van der Waals surface area contributed by atoms with Crippen LogP contribution < -0.4 is 4.74 Å². The summed E-state index contributed by atoms with van der Waals surface area (Å²) in [5, 5.41) is 0. The van der Waals surface area contributed by atoms with Crippen LogP contribution in [0, 0.1) is 11.3 Å². The summed E-state index contributed by atoms with van der Waals surface area (Å²) in [7, 11) is 1.37. The van der Waals surface area contributed by atoms with Gasteiger partial charge < -0.3 is 9.47 Å². The van der Waals surface area contributed by atoms with Gasteiger partial charge >= 0.3 is 12.1 Å². The van der Waals surface area contributed by atoms with Gasteiger partial charge in [0.25, 0.3) is 0 Å². The van der Waals surface area contributed by atoms with E-state index >= 15 is 0 Å². The Balaban J connectivity index is 1.89. The number of benzene rings is 1. The number of amides is 1. The summed E-state index contributed by atoms with van der Waals surface area (Å²) in [6, 6.07) is 8.71. The van der Waals surface area contributed by atoms with Crippen molar-refractivity contribution < 1.29 is 19.1 Å². The van der Waals surface area contributed by atoms with Crippen LogP contribution in [-0.4, -0.2) is 36.7 Å². The molecule has 1 saturated heterocycles. The molecule has 0 radical (unpaired) electrons. The van der Waals surface area contributed by atoms with Gasteiger partial charge in [0.15, 0.2) is 0 Å². The lowest BCUT2D eigenvalue weighted by Crippen LogP contribution is -2.52. The van der Waals surface area contributed by atoms with Gasteiger partial charge in [-0.2, -0.15) is 0 Å². The van der Waals surface area contributed by atoms with E-state index in [0.29, 0.717) is 17.9 Å². The first-order valence-corrected chi connectivity index (χ1v) is 8.28. The monoisotopic (exact) mass is 329 g/mol. The molecule has 128 valence electrons. The first kappa shape index (κ1) is 16.6. The number of allylic oxidation sites excluding steroid dienone is 1. The van der Waals surface area contributed by atoms with Gasteiger partial charge in [-0.25, -0.2) is 9.59 Å². The van der Waals surface area contributed by atoms with E-state index < -0.39 is 6.09 Å². The van der Waals surface area contributed by atoms with Crippen molar-refractivity contribution in [2.24, 2.45) is 11.3 Å². The van der Waals surface area contributed by atoms with Gasteiger partial charge in [0.1, 0.15) is 5.75 Å². The second-order valence-corrected chi connectivity index (χ2v) is 6.92. The molecule has 0 saturated carbocycles. The van der Waals surface area contributed by atoms with Crippen LogP contribution in [0.4, 0.5) is 4.79 Å². The molecule has 0 spiro atoms. The molecule has 3 aliphatic rings. The fraction of sp³-hybridized carbons (Fsp3) is 0.474. The number of methoxy groups -OCH3 is 1. The third-order valence-corrected chi connectivity index (χ3v) is 5.39. The number of fused-ring (bicyclic) bond motifs is 3. The minimum Gasteiger partial charge on any atom is -0.466 e. The smallest absolute Gasteiger partial charge is 0.415 e. The highest BCUT2D eigenvalue weighted by Gasteiger charge is 2.47. The van der Waals surface area contributed by atoms with Gasteiger partial charge in [-0.05, 0) is 36.3 Å². The Morgan fingerprint density at radius 2 is 1.96 bits per heavy atom. The number of esters is 1. The third kappa shape index (κ3) is 2.90. The average molecular weight is 329 g/mol. The summed E-state index contributed by atoms with van der Waals surface area (Å²) in [5.74, 6) is 0.325. The lowest BCUT2D eigenvalue weighted by molar-refractivity contribution is -0.136. The lowest BCUT2D eigenvalue weighted by atomic mass is 9.73. The highest BCUT2D eigenvalue weighted by molar-refractivity contribution is 5.91. The summed E-state index contributed by atoms with van der Waals surface area (Å²) in [4.78, 5) is 26.6. The first-order chi connectivity index (χ1) is 11.4. The number of hydrogen-bond donors (Lipinski definition) is 0. The Kier molecular flexibility index (Phi) is 4.35.